The normalized spacial score (nSPS) is 17.7. The van der Waals surface area contributed by atoms with Gasteiger partial charge in [-0.3, -0.25) is 14.2 Å². The first-order chi connectivity index (χ1) is 21.7. The molecule has 0 aliphatic carbocycles. The molecule has 1 atom stereocenters. The number of aromatic amines is 1. The number of halogens is 1. The quantitative estimate of drug-likeness (QED) is 0.261. The summed E-state index contributed by atoms with van der Waals surface area (Å²) in [5.41, 5.74) is 4.76. The second kappa shape index (κ2) is 12.8. The van der Waals surface area contributed by atoms with Crippen molar-refractivity contribution in [2.45, 2.75) is 51.6 Å². The van der Waals surface area contributed by atoms with Crippen molar-refractivity contribution in [1.82, 2.24) is 19.4 Å². The number of nitrogens with zero attached hydrogens (tertiary/aromatic N) is 3. The van der Waals surface area contributed by atoms with E-state index in [2.05, 4.69) is 4.98 Å². The highest BCUT2D eigenvalue weighted by atomic mass is 35.5. The Bertz CT molecular complexity index is 1850. The van der Waals surface area contributed by atoms with Gasteiger partial charge in [-0.05, 0) is 74.2 Å². The van der Waals surface area contributed by atoms with Crippen LogP contribution in [0, 0.1) is 0 Å². The Labute approximate surface area is 266 Å². The van der Waals surface area contributed by atoms with Crippen LogP contribution in [0.4, 0.5) is 0 Å². The topological polar surface area (TPSA) is 105 Å². The van der Waals surface area contributed by atoms with Gasteiger partial charge in [0, 0.05) is 47.8 Å². The zero-order valence-electron chi connectivity index (χ0n) is 25.3. The maximum Gasteiger partial charge on any atom is 0.336 e. The van der Waals surface area contributed by atoms with Crippen molar-refractivity contribution in [2.24, 2.45) is 0 Å². The van der Waals surface area contributed by atoms with Crippen LogP contribution in [0.1, 0.15) is 66.6 Å². The highest BCUT2D eigenvalue weighted by Gasteiger charge is 2.37. The van der Waals surface area contributed by atoms with E-state index in [-0.39, 0.29) is 43.1 Å². The van der Waals surface area contributed by atoms with E-state index in [0.29, 0.717) is 47.8 Å². The smallest absolute Gasteiger partial charge is 0.336 e. The zero-order chi connectivity index (χ0) is 31.7. The second-order valence-corrected chi connectivity index (χ2v) is 12.0. The third-order valence-corrected chi connectivity index (χ3v) is 9.09. The number of piperidine rings is 1. The molecule has 1 aromatic heterocycles. The number of para-hydroxylation sites is 2. The van der Waals surface area contributed by atoms with Gasteiger partial charge < -0.3 is 19.5 Å². The summed E-state index contributed by atoms with van der Waals surface area (Å²) >= 11 is 6.23. The summed E-state index contributed by atoms with van der Waals surface area (Å²) in [6.45, 7) is 5.11. The van der Waals surface area contributed by atoms with Gasteiger partial charge in [-0.2, -0.15) is 0 Å². The van der Waals surface area contributed by atoms with Crippen LogP contribution in [0.15, 0.2) is 88.9 Å². The third kappa shape index (κ3) is 6.04. The van der Waals surface area contributed by atoms with Crippen molar-refractivity contribution in [3.63, 3.8) is 0 Å². The van der Waals surface area contributed by atoms with Crippen LogP contribution in [-0.2, 0) is 20.9 Å². The minimum absolute atomic E-state index is 0.0245. The first-order valence-electron chi connectivity index (χ1n) is 15.3. The van der Waals surface area contributed by atoms with Crippen molar-refractivity contribution in [3.05, 3.63) is 116 Å². The summed E-state index contributed by atoms with van der Waals surface area (Å²) in [6, 6.07) is 22.1. The highest BCUT2D eigenvalue weighted by molar-refractivity contribution is 6.30. The van der Waals surface area contributed by atoms with Gasteiger partial charge in [-0.25, -0.2) is 9.59 Å². The Hall–Kier alpha value is -4.63. The molecule has 0 saturated carbocycles. The van der Waals surface area contributed by atoms with E-state index in [1.54, 1.807) is 43.0 Å². The lowest BCUT2D eigenvalue weighted by Gasteiger charge is -2.34. The number of ether oxygens (including phenoxy) is 1. The Morgan fingerprint density at radius 1 is 0.978 bits per heavy atom. The molecule has 3 aromatic carbocycles. The van der Waals surface area contributed by atoms with Gasteiger partial charge in [0.15, 0.2) is 0 Å². The van der Waals surface area contributed by atoms with Crippen LogP contribution in [0.25, 0.3) is 11.0 Å². The fourth-order valence-electron chi connectivity index (χ4n) is 6.57. The molecule has 6 rings (SSSR count). The molecule has 9 nitrogen and oxygen atoms in total. The van der Waals surface area contributed by atoms with E-state index in [4.69, 9.17) is 16.3 Å². The predicted molar refractivity (Wildman–Crippen MR) is 172 cm³/mol. The van der Waals surface area contributed by atoms with Gasteiger partial charge in [0.25, 0.3) is 5.91 Å². The maximum absolute atomic E-state index is 13.4. The number of carbonyl (C=O) groups excluding carboxylic acids is 3. The van der Waals surface area contributed by atoms with Crippen LogP contribution in [0.3, 0.4) is 0 Å². The number of likely N-dealkylation sites (tertiary alicyclic amines) is 1. The van der Waals surface area contributed by atoms with Gasteiger partial charge >= 0.3 is 11.7 Å². The van der Waals surface area contributed by atoms with E-state index in [1.165, 1.54) is 0 Å². The number of amides is 2. The molecule has 0 bridgehead atoms. The Kier molecular flexibility index (Phi) is 8.63. The molecule has 2 aliphatic rings. The van der Waals surface area contributed by atoms with E-state index in [9.17, 15) is 19.2 Å². The molecule has 2 amide bonds. The molecule has 2 aliphatic heterocycles. The zero-order valence-corrected chi connectivity index (χ0v) is 26.0. The van der Waals surface area contributed by atoms with Crippen LogP contribution in [0.2, 0.25) is 5.02 Å². The minimum Gasteiger partial charge on any atom is -0.463 e. The summed E-state index contributed by atoms with van der Waals surface area (Å²) in [7, 11) is 0. The van der Waals surface area contributed by atoms with E-state index < -0.39 is 11.9 Å². The van der Waals surface area contributed by atoms with Gasteiger partial charge in [-0.15, -0.1) is 0 Å². The summed E-state index contributed by atoms with van der Waals surface area (Å²) in [6.07, 6.45) is 1.49. The lowest BCUT2D eigenvalue weighted by Crippen LogP contribution is -2.40. The van der Waals surface area contributed by atoms with Crippen LogP contribution >= 0.6 is 11.6 Å². The molecule has 4 aromatic rings. The third-order valence-electron chi connectivity index (χ3n) is 8.85. The van der Waals surface area contributed by atoms with E-state index in [1.807, 2.05) is 58.0 Å². The van der Waals surface area contributed by atoms with E-state index in [0.717, 1.165) is 22.2 Å². The van der Waals surface area contributed by atoms with Gasteiger partial charge in [-0.1, -0.05) is 48.0 Å². The standard InChI is InChI=1S/C35H35ClN4O5/c1-3-45-34(43)32-22(2)39(31(41)20-28(32)25-7-6-8-26(36)19-25)21-23-11-13-24(14-12-23)33(42)38-17-15-27(16-18-38)40-30-10-5-4-9-29(30)37-35(40)44/h4-14,19,27-28H,3,15-18,20-21H2,1-2H3,(H,37,44). The SMILES string of the molecule is CCOC(=O)C1=C(C)N(Cc2ccc(C(=O)N3CCC(n4c(=O)[nH]c5ccccc54)CC3)cc2)C(=O)CC1c1cccc(Cl)c1. The lowest BCUT2D eigenvalue weighted by molar-refractivity contribution is -0.140. The van der Waals surface area contributed by atoms with Crippen molar-refractivity contribution < 1.29 is 19.1 Å². The van der Waals surface area contributed by atoms with Gasteiger partial charge in [0.1, 0.15) is 0 Å². The second-order valence-electron chi connectivity index (χ2n) is 11.5. The number of aromatic nitrogens is 2. The molecule has 1 fully saturated rings. The molecular formula is C35H35ClN4O5. The fourth-order valence-corrected chi connectivity index (χ4v) is 6.77. The van der Waals surface area contributed by atoms with Gasteiger partial charge in [0.05, 0.1) is 29.8 Å². The van der Waals surface area contributed by atoms with Crippen LogP contribution < -0.4 is 5.69 Å². The summed E-state index contributed by atoms with van der Waals surface area (Å²) in [5.74, 6) is -1.07. The number of hydrogen-bond donors (Lipinski definition) is 1. The number of H-pyrrole nitrogens is 1. The summed E-state index contributed by atoms with van der Waals surface area (Å²) in [5, 5.41) is 0.534. The van der Waals surface area contributed by atoms with E-state index >= 15 is 0 Å². The number of nitrogens with one attached hydrogen (secondary N) is 1. The lowest BCUT2D eigenvalue weighted by atomic mass is 9.83. The largest absolute Gasteiger partial charge is 0.463 e. The fraction of sp³-hybridized carbons (Fsp3) is 0.314. The molecular weight excluding hydrogens is 592 g/mol. The number of rotatable bonds is 7. The maximum atomic E-state index is 13.4. The molecule has 10 heteroatoms. The Balaban J connectivity index is 1.15. The summed E-state index contributed by atoms with van der Waals surface area (Å²) < 4.78 is 7.21. The number of carbonyl (C=O) groups is 3. The number of hydrogen-bond acceptors (Lipinski definition) is 5. The van der Waals surface area contributed by atoms with Crippen molar-refractivity contribution in [1.29, 1.82) is 0 Å². The number of allylic oxidation sites excluding steroid dienone is 1. The molecule has 1 unspecified atom stereocenters. The molecule has 0 spiro atoms. The average molecular weight is 627 g/mol. The van der Waals surface area contributed by atoms with Crippen molar-refractivity contribution in [3.8, 4) is 0 Å². The van der Waals surface area contributed by atoms with Crippen LogP contribution in [0.5, 0.6) is 0 Å². The summed E-state index contributed by atoms with van der Waals surface area (Å²) in [4.78, 5) is 58.9. The number of esters is 1. The average Bonchev–Trinajstić information content (AvgIpc) is 3.38. The predicted octanol–water partition coefficient (Wildman–Crippen LogP) is 5.81. The Morgan fingerprint density at radius 3 is 2.42 bits per heavy atom. The Morgan fingerprint density at radius 2 is 1.71 bits per heavy atom. The molecule has 45 heavy (non-hydrogen) atoms. The monoisotopic (exact) mass is 626 g/mol. The highest BCUT2D eigenvalue weighted by Crippen LogP contribution is 2.38. The number of benzene rings is 3. The van der Waals surface area contributed by atoms with Crippen molar-refractivity contribution >= 4 is 40.4 Å². The molecule has 3 heterocycles. The molecule has 1 N–H and O–H groups in total. The molecule has 1 saturated heterocycles. The van der Waals surface area contributed by atoms with Gasteiger partial charge in [0.2, 0.25) is 5.91 Å². The number of imidazole rings is 1. The number of fused-ring (bicyclic) bond motifs is 1. The van der Waals surface area contributed by atoms with Crippen LogP contribution in [-0.4, -0.2) is 56.8 Å². The first-order valence-corrected chi connectivity index (χ1v) is 15.6. The van der Waals surface area contributed by atoms with Crippen molar-refractivity contribution in [2.75, 3.05) is 19.7 Å². The molecule has 232 valence electrons. The molecule has 0 radical (unpaired) electrons. The first kappa shape index (κ1) is 30.4. The minimum atomic E-state index is -0.453.